The van der Waals surface area contributed by atoms with E-state index in [1.54, 1.807) is 48.8 Å². The molecule has 2 aromatic heterocycles. The van der Waals surface area contributed by atoms with E-state index in [4.69, 9.17) is 0 Å². The molecule has 1 unspecified atom stereocenters. The van der Waals surface area contributed by atoms with Crippen LogP contribution in [0.3, 0.4) is 0 Å². The first-order valence-corrected chi connectivity index (χ1v) is 16.4. The molecule has 0 aliphatic carbocycles. The summed E-state index contributed by atoms with van der Waals surface area (Å²) in [5, 5.41) is 31.2. The van der Waals surface area contributed by atoms with Crippen LogP contribution in [0.5, 0.6) is 0 Å². The molecular formula is C39H41N5O6. The predicted molar refractivity (Wildman–Crippen MR) is 193 cm³/mol. The normalized spacial score (nSPS) is 13.0. The number of nitrogens with one attached hydrogen (secondary N) is 3. The Kier molecular flexibility index (Phi) is 10.3. The molecule has 0 saturated carbocycles. The first-order chi connectivity index (χ1) is 23.7. The molecule has 5 rings (SSSR count). The van der Waals surface area contributed by atoms with E-state index in [2.05, 4.69) is 25.9 Å². The Bertz CT molecular complexity index is 1960. The SMILES string of the molecule is CCC(C)(CC(=O)O)CC(C)(C)CC(=O)Nc1ccc(C(O)(C(=O)Nc2cccc3cccnc23)C(=O)Nc2cccc3cccnc23)cc1. The maximum absolute atomic E-state index is 14.0. The largest absolute Gasteiger partial charge is 0.481 e. The minimum Gasteiger partial charge on any atom is -0.481 e. The van der Waals surface area contributed by atoms with E-state index in [-0.39, 0.29) is 24.3 Å². The fourth-order valence-electron chi connectivity index (χ4n) is 6.53. The van der Waals surface area contributed by atoms with Gasteiger partial charge < -0.3 is 26.2 Å². The number of fused-ring (bicyclic) bond motifs is 2. The molecule has 5 aromatic rings. The van der Waals surface area contributed by atoms with Gasteiger partial charge in [-0.1, -0.05) is 82.6 Å². The fraction of sp³-hybridized carbons (Fsp3) is 0.282. The van der Waals surface area contributed by atoms with Gasteiger partial charge in [0.05, 0.1) is 28.8 Å². The number of hydrogen-bond acceptors (Lipinski definition) is 7. The van der Waals surface area contributed by atoms with Crippen molar-refractivity contribution in [2.24, 2.45) is 10.8 Å². The molecule has 50 heavy (non-hydrogen) atoms. The van der Waals surface area contributed by atoms with Gasteiger partial charge in [-0.05, 0) is 53.6 Å². The molecule has 1 atom stereocenters. The van der Waals surface area contributed by atoms with Crippen molar-refractivity contribution in [1.29, 1.82) is 0 Å². The number of aromatic nitrogens is 2. The maximum atomic E-state index is 14.0. The summed E-state index contributed by atoms with van der Waals surface area (Å²) >= 11 is 0. The Balaban J connectivity index is 1.41. The lowest BCUT2D eigenvalue weighted by molar-refractivity contribution is -0.148. The van der Waals surface area contributed by atoms with E-state index in [1.165, 1.54) is 24.3 Å². The van der Waals surface area contributed by atoms with Gasteiger partial charge in [-0.2, -0.15) is 0 Å². The second-order valence-corrected chi connectivity index (χ2v) is 13.8. The van der Waals surface area contributed by atoms with Crippen LogP contribution in [-0.4, -0.2) is 43.9 Å². The van der Waals surface area contributed by atoms with Gasteiger partial charge in [0, 0.05) is 40.8 Å². The summed E-state index contributed by atoms with van der Waals surface area (Å²) in [4.78, 5) is 61.4. The maximum Gasteiger partial charge on any atom is 0.303 e. The zero-order valence-corrected chi connectivity index (χ0v) is 28.5. The number of hydrogen-bond donors (Lipinski definition) is 5. The van der Waals surface area contributed by atoms with Gasteiger partial charge >= 0.3 is 5.97 Å². The summed E-state index contributed by atoms with van der Waals surface area (Å²) in [5.74, 6) is -3.19. The molecule has 0 spiro atoms. The van der Waals surface area contributed by atoms with Crippen LogP contribution in [0.15, 0.2) is 97.3 Å². The van der Waals surface area contributed by atoms with Crippen molar-refractivity contribution in [1.82, 2.24) is 9.97 Å². The number of aliphatic hydroxyl groups is 1. The van der Waals surface area contributed by atoms with Crippen molar-refractivity contribution in [3.63, 3.8) is 0 Å². The second-order valence-electron chi connectivity index (χ2n) is 13.8. The van der Waals surface area contributed by atoms with Crippen molar-refractivity contribution >= 4 is 62.6 Å². The van der Waals surface area contributed by atoms with E-state index >= 15 is 0 Å². The van der Waals surface area contributed by atoms with Gasteiger partial charge in [0.15, 0.2) is 0 Å². The standard InChI is InChI=1S/C39H41N5O6/c1-5-38(4,23-32(46)47)24-37(2,3)22-31(45)42-28-18-16-27(17-19-28)39(50,35(48)43-29-14-6-10-25-12-8-20-40-33(25)29)36(49)44-30-15-7-11-26-13-9-21-41-34(26)30/h6-21,50H,5,22-24H2,1-4H3,(H,42,45)(H,43,48)(H,44,49)(H,46,47). The van der Waals surface area contributed by atoms with E-state index in [1.807, 2.05) is 52.0 Å². The zero-order valence-electron chi connectivity index (χ0n) is 28.5. The number of carboxylic acids is 1. The van der Waals surface area contributed by atoms with Crippen LogP contribution < -0.4 is 16.0 Å². The van der Waals surface area contributed by atoms with Crippen LogP contribution in [0, 0.1) is 10.8 Å². The first kappa shape index (κ1) is 35.6. The van der Waals surface area contributed by atoms with Crippen molar-refractivity contribution in [3.8, 4) is 0 Å². The molecule has 0 saturated heterocycles. The van der Waals surface area contributed by atoms with Crippen LogP contribution in [0.1, 0.15) is 58.9 Å². The number of anilines is 3. The van der Waals surface area contributed by atoms with Crippen molar-refractivity contribution < 1.29 is 29.4 Å². The Morgan fingerprint density at radius 2 is 1.18 bits per heavy atom. The highest BCUT2D eigenvalue weighted by Crippen LogP contribution is 2.41. The average molecular weight is 676 g/mol. The topological polar surface area (TPSA) is 171 Å². The number of aliphatic carboxylic acids is 1. The molecule has 2 heterocycles. The number of rotatable bonds is 13. The number of nitrogens with zero attached hydrogens (tertiary/aromatic N) is 2. The second kappa shape index (κ2) is 14.4. The molecule has 0 bridgehead atoms. The van der Waals surface area contributed by atoms with Gasteiger partial charge in [0.25, 0.3) is 11.8 Å². The molecule has 0 radical (unpaired) electrons. The summed E-state index contributed by atoms with van der Waals surface area (Å²) in [5.41, 5.74) is -1.77. The highest BCUT2D eigenvalue weighted by molar-refractivity contribution is 6.19. The van der Waals surface area contributed by atoms with Crippen LogP contribution in [0.25, 0.3) is 21.8 Å². The quantitative estimate of drug-likeness (QED) is 0.0841. The van der Waals surface area contributed by atoms with Crippen LogP contribution in [-0.2, 0) is 24.8 Å². The zero-order chi connectivity index (χ0) is 36.1. The lowest BCUT2D eigenvalue weighted by Gasteiger charge is -2.35. The van der Waals surface area contributed by atoms with Gasteiger partial charge in [-0.15, -0.1) is 0 Å². The van der Waals surface area contributed by atoms with Crippen molar-refractivity contribution in [2.45, 2.75) is 59.0 Å². The Labute approximate surface area is 290 Å². The van der Waals surface area contributed by atoms with Crippen LogP contribution >= 0.6 is 0 Å². The Morgan fingerprint density at radius 1 is 0.680 bits per heavy atom. The number of pyridine rings is 2. The molecule has 258 valence electrons. The molecule has 3 amide bonds. The van der Waals surface area contributed by atoms with Crippen molar-refractivity contribution in [2.75, 3.05) is 16.0 Å². The third-order valence-electron chi connectivity index (χ3n) is 8.98. The minimum absolute atomic E-state index is 0.00803. The van der Waals surface area contributed by atoms with E-state index in [9.17, 15) is 29.4 Å². The summed E-state index contributed by atoms with van der Waals surface area (Å²) < 4.78 is 0. The number of carbonyl (C=O) groups excluding carboxylic acids is 3. The highest BCUT2D eigenvalue weighted by Gasteiger charge is 2.46. The Hall–Kier alpha value is -5.68. The molecule has 5 N–H and O–H groups in total. The molecular weight excluding hydrogens is 634 g/mol. The number of amides is 3. The van der Waals surface area contributed by atoms with Crippen molar-refractivity contribution in [3.05, 3.63) is 103 Å². The van der Waals surface area contributed by atoms with Gasteiger partial charge in [-0.3, -0.25) is 29.1 Å². The van der Waals surface area contributed by atoms with E-state index in [0.717, 1.165) is 10.8 Å². The molecule has 11 heteroatoms. The number of carbonyl (C=O) groups is 4. The highest BCUT2D eigenvalue weighted by atomic mass is 16.4. The summed E-state index contributed by atoms with van der Waals surface area (Å²) in [7, 11) is 0. The minimum atomic E-state index is -2.73. The third-order valence-corrected chi connectivity index (χ3v) is 8.98. The Morgan fingerprint density at radius 3 is 1.66 bits per heavy atom. The van der Waals surface area contributed by atoms with Gasteiger partial charge in [0.2, 0.25) is 11.5 Å². The monoisotopic (exact) mass is 675 g/mol. The molecule has 0 aliphatic heterocycles. The molecule has 0 aliphatic rings. The van der Waals surface area contributed by atoms with E-state index in [0.29, 0.717) is 40.9 Å². The fourth-order valence-corrected chi connectivity index (χ4v) is 6.53. The molecule has 0 fully saturated rings. The smallest absolute Gasteiger partial charge is 0.303 e. The van der Waals surface area contributed by atoms with Crippen LogP contribution in [0.2, 0.25) is 0 Å². The number of benzene rings is 3. The van der Waals surface area contributed by atoms with Crippen LogP contribution in [0.4, 0.5) is 17.1 Å². The van der Waals surface area contributed by atoms with Gasteiger partial charge in [0.1, 0.15) is 0 Å². The van der Waals surface area contributed by atoms with Gasteiger partial charge in [-0.25, -0.2) is 0 Å². The summed E-state index contributed by atoms with van der Waals surface area (Å²) in [6, 6.07) is 23.4. The number of para-hydroxylation sites is 2. The first-order valence-electron chi connectivity index (χ1n) is 16.4. The average Bonchev–Trinajstić information content (AvgIpc) is 3.07. The number of carboxylic acid groups (broad SMARTS) is 1. The lowest BCUT2D eigenvalue weighted by Crippen LogP contribution is -2.50. The summed E-state index contributed by atoms with van der Waals surface area (Å²) in [6.07, 6.45) is 4.49. The van der Waals surface area contributed by atoms with E-state index < -0.39 is 34.2 Å². The lowest BCUT2D eigenvalue weighted by atomic mass is 9.69. The molecule has 11 nitrogen and oxygen atoms in total. The molecule has 3 aromatic carbocycles. The predicted octanol–water partition coefficient (Wildman–Crippen LogP) is 6.88. The third kappa shape index (κ3) is 7.95. The summed E-state index contributed by atoms with van der Waals surface area (Å²) in [6.45, 7) is 7.72.